The van der Waals surface area contributed by atoms with Crippen molar-refractivity contribution in [1.29, 1.82) is 0 Å². The predicted molar refractivity (Wildman–Crippen MR) is 80.0 cm³/mol. The quantitative estimate of drug-likeness (QED) is 0.635. The molecule has 0 unspecified atom stereocenters. The Hall–Kier alpha value is -2.70. The van der Waals surface area contributed by atoms with Crippen LogP contribution in [0.3, 0.4) is 0 Å². The summed E-state index contributed by atoms with van der Waals surface area (Å²) in [6, 6.07) is 4.71. The molecule has 21 heavy (non-hydrogen) atoms. The molecule has 1 amide bonds. The van der Waals surface area contributed by atoms with Gasteiger partial charge in [0.2, 0.25) is 0 Å². The molecule has 0 fully saturated rings. The molecular weight excluding hydrogens is 272 g/mol. The van der Waals surface area contributed by atoms with Crippen LogP contribution in [0, 0.1) is 0 Å². The van der Waals surface area contributed by atoms with Crippen molar-refractivity contribution in [3.63, 3.8) is 0 Å². The molecule has 0 saturated heterocycles. The summed E-state index contributed by atoms with van der Waals surface area (Å²) in [5, 5.41) is 18.9. The number of anilines is 2. The van der Waals surface area contributed by atoms with Crippen molar-refractivity contribution in [2.45, 2.75) is 26.4 Å². The summed E-state index contributed by atoms with van der Waals surface area (Å²) in [5.74, 6) is -0.0669. The van der Waals surface area contributed by atoms with E-state index < -0.39 is 11.7 Å². The van der Waals surface area contributed by atoms with E-state index in [1.165, 1.54) is 12.3 Å². The van der Waals surface area contributed by atoms with Gasteiger partial charge in [0, 0.05) is 5.56 Å². The summed E-state index contributed by atoms with van der Waals surface area (Å²) in [4.78, 5) is 11.8. The number of nitrogens with zero attached hydrogens (tertiary/aromatic N) is 1. The van der Waals surface area contributed by atoms with Crippen molar-refractivity contribution in [2.75, 3.05) is 11.1 Å². The van der Waals surface area contributed by atoms with E-state index in [1.54, 1.807) is 32.9 Å². The maximum atomic E-state index is 11.8. The summed E-state index contributed by atoms with van der Waals surface area (Å²) in [7, 11) is 0. The van der Waals surface area contributed by atoms with Crippen LogP contribution < -0.4 is 11.1 Å². The molecule has 0 aliphatic carbocycles. The van der Waals surface area contributed by atoms with Gasteiger partial charge in [-0.2, -0.15) is 5.10 Å². The van der Waals surface area contributed by atoms with Gasteiger partial charge in [0.15, 0.2) is 0 Å². The van der Waals surface area contributed by atoms with E-state index in [9.17, 15) is 9.90 Å². The maximum absolute atomic E-state index is 11.8. The number of hydrogen-bond donors (Lipinski definition) is 4. The molecule has 1 heterocycles. The minimum atomic E-state index is -0.646. The molecule has 0 radical (unpaired) electrons. The number of amides is 1. The Labute approximate surface area is 122 Å². The lowest BCUT2D eigenvalue weighted by molar-refractivity contribution is 0.0635. The van der Waals surface area contributed by atoms with Gasteiger partial charge in [0.1, 0.15) is 11.4 Å². The first-order valence-electron chi connectivity index (χ1n) is 6.38. The summed E-state index contributed by atoms with van der Waals surface area (Å²) < 4.78 is 5.14. The van der Waals surface area contributed by atoms with Crippen LogP contribution in [-0.2, 0) is 4.74 Å². The molecule has 1 aromatic heterocycles. The lowest BCUT2D eigenvalue weighted by Crippen LogP contribution is -2.27. The van der Waals surface area contributed by atoms with Crippen LogP contribution in [0.1, 0.15) is 20.8 Å². The number of carbonyl (C=O) groups excluding carboxylic acids is 1. The summed E-state index contributed by atoms with van der Waals surface area (Å²) in [6.07, 6.45) is 0.843. The van der Waals surface area contributed by atoms with E-state index in [-0.39, 0.29) is 11.4 Å². The van der Waals surface area contributed by atoms with E-state index in [0.717, 1.165) is 0 Å². The number of carbonyl (C=O) groups is 1. The van der Waals surface area contributed by atoms with Gasteiger partial charge in [-0.1, -0.05) is 0 Å². The monoisotopic (exact) mass is 290 g/mol. The normalized spacial score (nSPS) is 11.2. The highest BCUT2D eigenvalue weighted by Gasteiger charge is 2.18. The molecular formula is C14H18N4O3. The lowest BCUT2D eigenvalue weighted by Gasteiger charge is -2.20. The number of nitrogen functional groups attached to an aromatic ring is 1. The van der Waals surface area contributed by atoms with Gasteiger partial charge in [-0.25, -0.2) is 4.79 Å². The third-order valence-corrected chi connectivity index (χ3v) is 2.59. The Morgan fingerprint density at radius 2 is 2.14 bits per heavy atom. The highest BCUT2D eigenvalue weighted by atomic mass is 16.6. The van der Waals surface area contributed by atoms with Gasteiger partial charge >= 0.3 is 6.09 Å². The molecule has 1 aromatic carbocycles. The zero-order valence-corrected chi connectivity index (χ0v) is 12.1. The summed E-state index contributed by atoms with van der Waals surface area (Å²) in [5.41, 5.74) is 7.17. The van der Waals surface area contributed by atoms with Crippen molar-refractivity contribution in [2.24, 2.45) is 0 Å². The number of aromatic hydroxyl groups is 1. The Balaban J connectivity index is 2.24. The van der Waals surface area contributed by atoms with Crippen molar-refractivity contribution in [3.8, 4) is 17.0 Å². The van der Waals surface area contributed by atoms with E-state index in [0.29, 0.717) is 16.9 Å². The number of rotatable bonds is 2. The van der Waals surface area contributed by atoms with Gasteiger partial charge in [-0.15, -0.1) is 0 Å². The van der Waals surface area contributed by atoms with Crippen molar-refractivity contribution in [1.82, 2.24) is 10.2 Å². The Morgan fingerprint density at radius 1 is 1.43 bits per heavy atom. The SMILES string of the molecule is CC(C)(C)OC(=O)Nc1cc(-c2[nH]ncc2N)ccc1O. The van der Waals surface area contributed by atoms with Crippen LogP contribution in [0.15, 0.2) is 24.4 Å². The fourth-order valence-corrected chi connectivity index (χ4v) is 1.73. The summed E-state index contributed by atoms with van der Waals surface area (Å²) in [6.45, 7) is 5.27. The number of nitrogens with one attached hydrogen (secondary N) is 2. The van der Waals surface area contributed by atoms with Gasteiger partial charge in [0.25, 0.3) is 0 Å². The third-order valence-electron chi connectivity index (χ3n) is 2.59. The molecule has 0 atom stereocenters. The highest BCUT2D eigenvalue weighted by Crippen LogP contribution is 2.31. The van der Waals surface area contributed by atoms with Gasteiger partial charge < -0.3 is 15.6 Å². The second kappa shape index (κ2) is 5.35. The molecule has 112 valence electrons. The van der Waals surface area contributed by atoms with Crippen LogP contribution in [0.4, 0.5) is 16.2 Å². The largest absolute Gasteiger partial charge is 0.506 e. The Kier molecular flexibility index (Phi) is 3.75. The number of nitrogens with two attached hydrogens (primary N) is 1. The predicted octanol–water partition coefficient (Wildman–Crippen LogP) is 2.71. The smallest absolute Gasteiger partial charge is 0.412 e. The van der Waals surface area contributed by atoms with Crippen LogP contribution in [0.5, 0.6) is 5.75 Å². The number of benzene rings is 1. The van der Waals surface area contributed by atoms with Gasteiger partial charge in [0.05, 0.1) is 23.3 Å². The highest BCUT2D eigenvalue weighted by molar-refractivity contribution is 5.89. The maximum Gasteiger partial charge on any atom is 0.412 e. The molecule has 7 heteroatoms. The molecule has 0 aliphatic heterocycles. The molecule has 0 aliphatic rings. The second-order valence-electron chi connectivity index (χ2n) is 5.56. The summed E-state index contributed by atoms with van der Waals surface area (Å²) >= 11 is 0. The molecule has 5 N–H and O–H groups in total. The van der Waals surface area contributed by atoms with E-state index in [4.69, 9.17) is 10.5 Å². The molecule has 0 bridgehead atoms. The average Bonchev–Trinajstić information content (AvgIpc) is 2.76. The zero-order valence-electron chi connectivity index (χ0n) is 12.1. The molecule has 2 rings (SSSR count). The first-order valence-corrected chi connectivity index (χ1v) is 6.38. The number of aromatic amines is 1. The number of hydrogen-bond acceptors (Lipinski definition) is 5. The molecule has 0 saturated carbocycles. The van der Waals surface area contributed by atoms with E-state index in [2.05, 4.69) is 15.5 Å². The standard InChI is InChI=1S/C14H18N4O3/c1-14(2,3)21-13(20)17-10-6-8(4-5-11(10)19)12-9(15)7-16-18-12/h4-7,19H,15H2,1-3H3,(H,16,18)(H,17,20). The number of phenolic OH excluding ortho intramolecular Hbond substituents is 1. The van der Waals surface area contributed by atoms with Crippen LogP contribution in [0.2, 0.25) is 0 Å². The van der Waals surface area contributed by atoms with Crippen molar-refractivity contribution >= 4 is 17.5 Å². The van der Waals surface area contributed by atoms with E-state index >= 15 is 0 Å². The Bertz CT molecular complexity index is 658. The van der Waals surface area contributed by atoms with Gasteiger partial charge in [-0.05, 0) is 39.0 Å². The van der Waals surface area contributed by atoms with Crippen molar-refractivity contribution < 1.29 is 14.6 Å². The van der Waals surface area contributed by atoms with Crippen LogP contribution >= 0.6 is 0 Å². The minimum Gasteiger partial charge on any atom is -0.506 e. The second-order valence-corrected chi connectivity index (χ2v) is 5.56. The number of aromatic nitrogens is 2. The van der Waals surface area contributed by atoms with Crippen LogP contribution in [-0.4, -0.2) is 27.0 Å². The number of phenols is 1. The third kappa shape index (κ3) is 3.65. The first-order chi connectivity index (χ1) is 9.76. The van der Waals surface area contributed by atoms with Crippen molar-refractivity contribution in [3.05, 3.63) is 24.4 Å². The fourth-order valence-electron chi connectivity index (χ4n) is 1.73. The minimum absolute atomic E-state index is 0.0669. The molecule has 0 spiro atoms. The van der Waals surface area contributed by atoms with Crippen LogP contribution in [0.25, 0.3) is 11.3 Å². The zero-order chi connectivity index (χ0) is 15.6. The Morgan fingerprint density at radius 3 is 2.71 bits per heavy atom. The fraction of sp³-hybridized carbons (Fsp3) is 0.286. The number of ether oxygens (including phenoxy) is 1. The molecule has 7 nitrogen and oxygen atoms in total. The lowest BCUT2D eigenvalue weighted by atomic mass is 10.1. The average molecular weight is 290 g/mol. The van der Waals surface area contributed by atoms with E-state index in [1.807, 2.05) is 0 Å². The van der Waals surface area contributed by atoms with Gasteiger partial charge in [-0.3, -0.25) is 10.4 Å². The topological polar surface area (TPSA) is 113 Å². The molecule has 2 aromatic rings. The first kappa shape index (κ1) is 14.7. The number of H-pyrrole nitrogens is 1.